The number of aliphatic imine (C=N–C) groups is 1. The predicted molar refractivity (Wildman–Crippen MR) is 117 cm³/mol. The Hall–Kier alpha value is -3.63. The summed E-state index contributed by atoms with van der Waals surface area (Å²) >= 11 is 0. The van der Waals surface area contributed by atoms with E-state index in [9.17, 15) is 22.8 Å². The Labute approximate surface area is 188 Å². The molecule has 33 heavy (non-hydrogen) atoms. The van der Waals surface area contributed by atoms with Crippen molar-refractivity contribution in [3.05, 3.63) is 53.7 Å². The second-order valence-electron chi connectivity index (χ2n) is 7.98. The summed E-state index contributed by atoms with van der Waals surface area (Å²) in [4.78, 5) is 34.8. The molecule has 3 heterocycles. The second-order valence-corrected chi connectivity index (χ2v) is 7.98. The largest absolute Gasteiger partial charge is 0.417 e. The van der Waals surface area contributed by atoms with Crippen molar-refractivity contribution in [1.29, 1.82) is 0 Å². The van der Waals surface area contributed by atoms with Gasteiger partial charge in [-0.25, -0.2) is 9.99 Å². The van der Waals surface area contributed by atoms with Crippen LogP contribution in [0.2, 0.25) is 0 Å². The molecule has 11 heteroatoms. The molecule has 2 aliphatic heterocycles. The highest BCUT2D eigenvalue weighted by Gasteiger charge is 2.31. The van der Waals surface area contributed by atoms with E-state index in [0.29, 0.717) is 37.4 Å². The van der Waals surface area contributed by atoms with Gasteiger partial charge in [0.2, 0.25) is 5.84 Å². The first-order chi connectivity index (χ1) is 15.7. The van der Waals surface area contributed by atoms with Gasteiger partial charge in [-0.15, -0.1) is 0 Å². The van der Waals surface area contributed by atoms with Gasteiger partial charge in [0.25, 0.3) is 11.8 Å². The van der Waals surface area contributed by atoms with Crippen LogP contribution >= 0.6 is 0 Å². The molecule has 2 aliphatic rings. The number of aromatic nitrogens is 1. The minimum absolute atomic E-state index is 0.0574. The lowest BCUT2D eigenvalue weighted by Gasteiger charge is -2.34. The van der Waals surface area contributed by atoms with Crippen LogP contribution in [-0.2, 0) is 15.8 Å². The Morgan fingerprint density at radius 2 is 1.82 bits per heavy atom. The number of amides is 2. The fourth-order valence-electron chi connectivity index (χ4n) is 3.69. The zero-order valence-corrected chi connectivity index (χ0v) is 17.9. The van der Waals surface area contributed by atoms with Gasteiger partial charge in [-0.1, -0.05) is 17.7 Å². The number of hydrazine groups is 1. The number of pyridine rings is 1. The van der Waals surface area contributed by atoms with Gasteiger partial charge < -0.3 is 10.2 Å². The van der Waals surface area contributed by atoms with Crippen LogP contribution in [0.4, 0.5) is 24.7 Å². The summed E-state index contributed by atoms with van der Waals surface area (Å²) in [5, 5.41) is 4.23. The van der Waals surface area contributed by atoms with Crippen molar-refractivity contribution in [1.82, 2.24) is 15.7 Å². The molecule has 2 N–H and O–H groups in total. The van der Waals surface area contributed by atoms with E-state index in [1.807, 2.05) is 24.0 Å². The molecule has 1 aromatic carbocycles. The van der Waals surface area contributed by atoms with E-state index in [1.165, 1.54) is 11.1 Å². The molecule has 2 amide bonds. The molecule has 0 unspecified atom stereocenters. The molecule has 0 radical (unpaired) electrons. The van der Waals surface area contributed by atoms with Crippen molar-refractivity contribution in [2.45, 2.75) is 32.0 Å². The van der Waals surface area contributed by atoms with E-state index in [4.69, 9.17) is 0 Å². The summed E-state index contributed by atoms with van der Waals surface area (Å²) in [6.07, 6.45) is -2.39. The van der Waals surface area contributed by atoms with Gasteiger partial charge in [0, 0.05) is 25.3 Å². The van der Waals surface area contributed by atoms with Crippen LogP contribution in [0.1, 0.15) is 24.0 Å². The predicted octanol–water partition coefficient (Wildman–Crippen LogP) is 2.44. The average Bonchev–Trinajstić information content (AvgIpc) is 2.80. The number of piperidine rings is 1. The maximum Gasteiger partial charge on any atom is 0.417 e. The van der Waals surface area contributed by atoms with Gasteiger partial charge >= 0.3 is 6.18 Å². The zero-order chi connectivity index (χ0) is 23.6. The van der Waals surface area contributed by atoms with E-state index in [1.54, 1.807) is 12.1 Å². The van der Waals surface area contributed by atoms with Crippen LogP contribution in [0, 0.1) is 6.92 Å². The molecule has 8 nitrogen and oxygen atoms in total. The Morgan fingerprint density at radius 3 is 2.42 bits per heavy atom. The van der Waals surface area contributed by atoms with Crippen LogP contribution in [0.5, 0.6) is 0 Å². The number of halogens is 3. The van der Waals surface area contributed by atoms with E-state index in [0.717, 1.165) is 17.8 Å². The number of hydrogen-bond acceptors (Lipinski definition) is 6. The lowest BCUT2D eigenvalue weighted by molar-refractivity contribution is -0.137. The lowest BCUT2D eigenvalue weighted by atomic mass is 10.0. The number of hydrogen-bond donors (Lipinski definition) is 2. The SMILES string of the molecule is Cc1ccc(N2NC(C(=O)NC3CCN(c4ccc(C(F)(F)F)cn4)CC3)=NCC2=O)cc1. The first-order valence-corrected chi connectivity index (χ1v) is 10.5. The topological polar surface area (TPSA) is 89.9 Å². The van der Waals surface area contributed by atoms with Gasteiger partial charge in [-0.05, 0) is 44.0 Å². The normalized spacial score (nSPS) is 17.5. The molecule has 0 spiro atoms. The Balaban J connectivity index is 1.31. The number of nitrogens with zero attached hydrogens (tertiary/aromatic N) is 4. The maximum absolute atomic E-state index is 12.7. The number of aryl methyl sites for hydroxylation is 1. The van der Waals surface area contributed by atoms with Gasteiger partial charge in [0.1, 0.15) is 12.4 Å². The number of nitrogens with one attached hydrogen (secondary N) is 2. The smallest absolute Gasteiger partial charge is 0.356 e. The van der Waals surface area contributed by atoms with Crippen molar-refractivity contribution < 1.29 is 22.8 Å². The number of amidine groups is 1. The summed E-state index contributed by atoms with van der Waals surface area (Å²) in [7, 11) is 0. The number of benzene rings is 1. The molecule has 0 aliphatic carbocycles. The molecule has 1 aromatic heterocycles. The highest BCUT2D eigenvalue weighted by atomic mass is 19.4. The monoisotopic (exact) mass is 460 g/mol. The van der Waals surface area contributed by atoms with Crippen LogP contribution in [0.3, 0.4) is 0 Å². The first kappa shape index (κ1) is 22.6. The lowest BCUT2D eigenvalue weighted by Crippen LogP contribution is -2.57. The number of alkyl halides is 3. The van der Waals surface area contributed by atoms with Gasteiger partial charge in [-0.2, -0.15) is 13.2 Å². The molecular formula is C22H23F3N6O2. The van der Waals surface area contributed by atoms with E-state index >= 15 is 0 Å². The summed E-state index contributed by atoms with van der Waals surface area (Å²) in [6.45, 7) is 2.88. The minimum Gasteiger partial charge on any atom is -0.356 e. The molecule has 2 aromatic rings. The zero-order valence-electron chi connectivity index (χ0n) is 17.9. The van der Waals surface area contributed by atoms with Crippen molar-refractivity contribution in [2.24, 2.45) is 4.99 Å². The number of rotatable bonds is 4. The van der Waals surface area contributed by atoms with Crippen molar-refractivity contribution in [2.75, 3.05) is 29.5 Å². The molecule has 0 bridgehead atoms. The number of carbonyl (C=O) groups excluding carboxylic acids is 2. The van der Waals surface area contributed by atoms with Crippen molar-refractivity contribution >= 4 is 29.2 Å². The van der Waals surface area contributed by atoms with Crippen molar-refractivity contribution in [3.63, 3.8) is 0 Å². The third-order valence-electron chi connectivity index (χ3n) is 5.58. The van der Waals surface area contributed by atoms with E-state index in [2.05, 4.69) is 20.7 Å². The fourth-order valence-corrected chi connectivity index (χ4v) is 3.69. The van der Waals surface area contributed by atoms with Crippen LogP contribution in [-0.4, -0.2) is 48.3 Å². The van der Waals surface area contributed by atoms with Crippen LogP contribution in [0.25, 0.3) is 0 Å². The fraction of sp³-hybridized carbons (Fsp3) is 0.364. The van der Waals surface area contributed by atoms with Gasteiger partial charge in [0.15, 0.2) is 0 Å². The molecule has 0 atom stereocenters. The maximum atomic E-state index is 12.7. The van der Waals surface area contributed by atoms with Crippen LogP contribution < -0.4 is 20.7 Å². The summed E-state index contributed by atoms with van der Waals surface area (Å²) < 4.78 is 38.1. The highest BCUT2D eigenvalue weighted by Crippen LogP contribution is 2.29. The van der Waals surface area contributed by atoms with Gasteiger partial charge in [-0.3, -0.25) is 20.0 Å². The average molecular weight is 460 g/mol. The quantitative estimate of drug-likeness (QED) is 0.732. The van der Waals surface area contributed by atoms with Gasteiger partial charge in [0.05, 0.1) is 11.3 Å². The minimum atomic E-state index is -4.42. The molecule has 1 saturated heterocycles. The highest BCUT2D eigenvalue weighted by molar-refractivity contribution is 6.39. The third kappa shape index (κ3) is 5.24. The molecular weight excluding hydrogens is 437 g/mol. The number of anilines is 2. The summed E-state index contributed by atoms with van der Waals surface area (Å²) in [5.74, 6) is -0.154. The second kappa shape index (κ2) is 9.08. The van der Waals surface area contributed by atoms with E-state index < -0.39 is 17.6 Å². The summed E-state index contributed by atoms with van der Waals surface area (Å²) in [5.41, 5.74) is 3.67. The molecule has 1 fully saturated rings. The number of carbonyl (C=O) groups is 2. The standard InChI is InChI=1S/C22H23F3N6O2/c1-14-2-5-17(6-3-14)31-19(32)13-27-20(29-31)21(33)28-16-8-10-30(11-9-16)18-7-4-15(12-26-18)22(23,24)25/h2-7,12,16H,8-11,13H2,1H3,(H,27,29)(H,28,33). The molecule has 4 rings (SSSR count). The first-order valence-electron chi connectivity index (χ1n) is 10.5. The third-order valence-corrected chi connectivity index (χ3v) is 5.58. The molecule has 174 valence electrons. The Kier molecular flexibility index (Phi) is 6.21. The Morgan fingerprint density at radius 1 is 1.12 bits per heavy atom. The van der Waals surface area contributed by atoms with E-state index in [-0.39, 0.29) is 24.3 Å². The summed E-state index contributed by atoms with van der Waals surface area (Å²) in [6, 6.07) is 9.56. The molecule has 0 saturated carbocycles. The Bertz CT molecular complexity index is 1050. The van der Waals surface area contributed by atoms with Crippen molar-refractivity contribution in [3.8, 4) is 0 Å². The van der Waals surface area contributed by atoms with Crippen LogP contribution in [0.15, 0.2) is 47.6 Å².